The average Bonchev–Trinajstić information content (AvgIpc) is 3.12. The van der Waals surface area contributed by atoms with E-state index in [2.05, 4.69) is 15.4 Å². The number of aromatic nitrogens is 3. The van der Waals surface area contributed by atoms with Crippen LogP contribution in [-0.2, 0) is 9.53 Å². The van der Waals surface area contributed by atoms with Crippen LogP contribution in [0.15, 0.2) is 35.8 Å². The van der Waals surface area contributed by atoms with Gasteiger partial charge in [0, 0.05) is 5.70 Å². The second-order valence-electron chi connectivity index (χ2n) is 6.70. The van der Waals surface area contributed by atoms with Crippen molar-refractivity contribution >= 4 is 11.9 Å². The van der Waals surface area contributed by atoms with E-state index in [4.69, 9.17) is 14.2 Å². The predicted molar refractivity (Wildman–Crippen MR) is 99.8 cm³/mol. The quantitative estimate of drug-likeness (QED) is 0.780. The molecule has 0 amide bonds. The number of carbonyl (C=O) groups is 1. The lowest BCUT2D eigenvalue weighted by molar-refractivity contribution is -0.140. The Kier molecular flexibility index (Phi) is 5.34. The lowest BCUT2D eigenvalue weighted by atomic mass is 9.95. The molecule has 1 aromatic carbocycles. The van der Waals surface area contributed by atoms with Crippen LogP contribution in [0.4, 0.5) is 5.95 Å². The number of nitrogens with zero attached hydrogens (tertiary/aromatic N) is 3. The molecule has 1 aliphatic heterocycles. The van der Waals surface area contributed by atoms with E-state index >= 15 is 0 Å². The number of methoxy groups -OCH3 is 2. The van der Waals surface area contributed by atoms with Crippen LogP contribution in [0, 0.1) is 5.92 Å². The Bertz CT molecular complexity index is 872. The summed E-state index contributed by atoms with van der Waals surface area (Å²) in [6, 6.07) is 5.04. The summed E-state index contributed by atoms with van der Waals surface area (Å²) in [6.07, 6.45) is 1.45. The Morgan fingerprint density at radius 2 is 2.00 bits per heavy atom. The number of ether oxygens (including phenoxy) is 3. The highest BCUT2D eigenvalue weighted by Gasteiger charge is 2.34. The highest BCUT2D eigenvalue weighted by atomic mass is 16.5. The molecule has 1 atom stereocenters. The number of hydrogen-bond acceptors (Lipinski definition) is 7. The van der Waals surface area contributed by atoms with E-state index in [1.165, 1.54) is 6.33 Å². The van der Waals surface area contributed by atoms with Crippen LogP contribution in [0.3, 0.4) is 0 Å². The summed E-state index contributed by atoms with van der Waals surface area (Å²) in [4.78, 5) is 17.1. The first-order valence-corrected chi connectivity index (χ1v) is 8.72. The molecule has 1 aliphatic rings. The number of nitrogens with one attached hydrogen (secondary N) is 1. The summed E-state index contributed by atoms with van der Waals surface area (Å²) in [5.41, 5.74) is 1.99. The van der Waals surface area contributed by atoms with E-state index in [1.807, 2.05) is 32.9 Å². The van der Waals surface area contributed by atoms with Crippen molar-refractivity contribution in [2.45, 2.75) is 26.8 Å². The van der Waals surface area contributed by atoms with Gasteiger partial charge in [-0.1, -0.05) is 19.9 Å². The second-order valence-corrected chi connectivity index (χ2v) is 6.70. The average molecular weight is 372 g/mol. The van der Waals surface area contributed by atoms with Crippen molar-refractivity contribution in [2.24, 2.45) is 5.92 Å². The van der Waals surface area contributed by atoms with Gasteiger partial charge in [0.1, 0.15) is 12.4 Å². The van der Waals surface area contributed by atoms with Gasteiger partial charge in [0.2, 0.25) is 5.95 Å². The van der Waals surface area contributed by atoms with Crippen LogP contribution in [0.2, 0.25) is 0 Å². The van der Waals surface area contributed by atoms with Crippen LogP contribution < -0.4 is 14.8 Å². The zero-order valence-corrected chi connectivity index (χ0v) is 16.1. The van der Waals surface area contributed by atoms with E-state index in [0.29, 0.717) is 35.3 Å². The fourth-order valence-corrected chi connectivity index (χ4v) is 3.01. The molecule has 0 bridgehead atoms. The number of benzene rings is 1. The molecule has 2 aromatic rings. The van der Waals surface area contributed by atoms with Gasteiger partial charge < -0.3 is 19.5 Å². The second kappa shape index (κ2) is 7.69. The summed E-state index contributed by atoms with van der Waals surface area (Å²) in [5.74, 6) is 1.61. The zero-order chi connectivity index (χ0) is 19.6. The topological polar surface area (TPSA) is 87.5 Å². The minimum atomic E-state index is -0.483. The fraction of sp³-hybridized carbons (Fsp3) is 0.421. The number of esters is 1. The van der Waals surface area contributed by atoms with Gasteiger partial charge in [-0.15, -0.1) is 0 Å². The van der Waals surface area contributed by atoms with Gasteiger partial charge in [0.15, 0.2) is 11.5 Å². The molecule has 8 nitrogen and oxygen atoms in total. The molecule has 1 N–H and O–H groups in total. The van der Waals surface area contributed by atoms with Gasteiger partial charge in [0.25, 0.3) is 0 Å². The standard InChI is InChI=1S/C19H24N4O4/c1-11(2)9-27-18(24)16-12(3)22-19-20-10-21-23(19)17(16)13-6-7-14(25-4)15(8-13)26-5/h6-8,10-11,17H,9H2,1-5H3,(H,20,21,22). The smallest absolute Gasteiger partial charge is 0.338 e. The highest BCUT2D eigenvalue weighted by molar-refractivity contribution is 5.92. The van der Waals surface area contributed by atoms with Crippen molar-refractivity contribution < 1.29 is 19.0 Å². The van der Waals surface area contributed by atoms with E-state index < -0.39 is 6.04 Å². The van der Waals surface area contributed by atoms with E-state index in [1.54, 1.807) is 25.0 Å². The Morgan fingerprint density at radius 1 is 1.26 bits per heavy atom. The first kappa shape index (κ1) is 18.8. The molecule has 0 spiro atoms. The van der Waals surface area contributed by atoms with E-state index in [-0.39, 0.29) is 11.9 Å². The summed E-state index contributed by atoms with van der Waals surface area (Å²) in [7, 11) is 3.15. The van der Waals surface area contributed by atoms with Gasteiger partial charge in [-0.25, -0.2) is 9.48 Å². The molecule has 2 heterocycles. The van der Waals surface area contributed by atoms with Gasteiger partial charge in [-0.2, -0.15) is 10.1 Å². The highest BCUT2D eigenvalue weighted by Crippen LogP contribution is 2.38. The molecule has 1 aromatic heterocycles. The van der Waals surface area contributed by atoms with Gasteiger partial charge in [-0.05, 0) is 30.5 Å². The van der Waals surface area contributed by atoms with Crippen molar-refractivity contribution in [1.29, 1.82) is 0 Å². The summed E-state index contributed by atoms with van der Waals surface area (Å²) in [5, 5.41) is 7.43. The molecule has 144 valence electrons. The van der Waals surface area contributed by atoms with Crippen LogP contribution in [0.1, 0.15) is 32.4 Å². The third-order valence-electron chi connectivity index (χ3n) is 4.29. The van der Waals surface area contributed by atoms with Crippen molar-refractivity contribution in [3.63, 3.8) is 0 Å². The third-order valence-corrected chi connectivity index (χ3v) is 4.29. The zero-order valence-electron chi connectivity index (χ0n) is 16.1. The SMILES string of the molecule is COc1ccc(C2C(C(=O)OCC(C)C)=C(C)Nc3ncnn32)cc1OC. The normalized spacial score (nSPS) is 16.0. The Hall–Kier alpha value is -3.03. The minimum absolute atomic E-state index is 0.243. The van der Waals surface area contributed by atoms with Gasteiger partial charge in [-0.3, -0.25) is 0 Å². The lowest BCUT2D eigenvalue weighted by Crippen LogP contribution is -2.30. The van der Waals surface area contributed by atoms with Crippen molar-refractivity contribution in [1.82, 2.24) is 14.8 Å². The number of fused-ring (bicyclic) bond motifs is 1. The molecule has 0 saturated carbocycles. The number of allylic oxidation sites excluding steroid dienone is 1. The van der Waals surface area contributed by atoms with Crippen molar-refractivity contribution in [2.75, 3.05) is 26.1 Å². The largest absolute Gasteiger partial charge is 0.493 e. The van der Waals surface area contributed by atoms with Crippen LogP contribution in [0.5, 0.6) is 11.5 Å². The number of rotatable bonds is 6. The Morgan fingerprint density at radius 3 is 2.67 bits per heavy atom. The predicted octanol–water partition coefficient (Wildman–Crippen LogP) is 2.78. The maximum absolute atomic E-state index is 12.9. The maximum Gasteiger partial charge on any atom is 0.338 e. The molecule has 27 heavy (non-hydrogen) atoms. The first-order chi connectivity index (χ1) is 13.0. The van der Waals surface area contributed by atoms with Crippen molar-refractivity contribution in [3.8, 4) is 11.5 Å². The van der Waals surface area contributed by atoms with Gasteiger partial charge >= 0.3 is 5.97 Å². The minimum Gasteiger partial charge on any atom is -0.493 e. The monoisotopic (exact) mass is 372 g/mol. The number of carbonyl (C=O) groups excluding carboxylic acids is 1. The first-order valence-electron chi connectivity index (χ1n) is 8.72. The molecule has 0 saturated heterocycles. The van der Waals surface area contributed by atoms with Crippen LogP contribution in [0.25, 0.3) is 0 Å². The molecule has 0 aliphatic carbocycles. The Balaban J connectivity index is 2.07. The molecule has 8 heteroatoms. The fourth-order valence-electron chi connectivity index (χ4n) is 3.01. The van der Waals surface area contributed by atoms with E-state index in [0.717, 1.165) is 5.56 Å². The molecule has 3 rings (SSSR count). The summed E-state index contributed by atoms with van der Waals surface area (Å²) in [6.45, 7) is 6.17. The number of hydrogen-bond donors (Lipinski definition) is 1. The van der Waals surface area contributed by atoms with Crippen LogP contribution in [-0.4, -0.2) is 41.6 Å². The maximum atomic E-state index is 12.9. The summed E-state index contributed by atoms with van der Waals surface area (Å²) >= 11 is 0. The Labute approximate surface area is 158 Å². The molecule has 0 radical (unpaired) electrons. The molecular formula is C19H24N4O4. The molecule has 0 fully saturated rings. The van der Waals surface area contributed by atoms with Crippen LogP contribution >= 0.6 is 0 Å². The summed E-state index contributed by atoms with van der Waals surface area (Å²) < 4.78 is 17.9. The molecule has 1 unspecified atom stereocenters. The number of anilines is 1. The molecular weight excluding hydrogens is 348 g/mol. The third kappa shape index (κ3) is 3.60. The lowest BCUT2D eigenvalue weighted by Gasteiger charge is -2.28. The van der Waals surface area contributed by atoms with Gasteiger partial charge in [0.05, 0.1) is 26.4 Å². The van der Waals surface area contributed by atoms with E-state index in [9.17, 15) is 4.79 Å². The van der Waals surface area contributed by atoms with Crippen molar-refractivity contribution in [3.05, 3.63) is 41.4 Å².